The molecule has 23 heavy (non-hydrogen) atoms. The van der Waals surface area contributed by atoms with Gasteiger partial charge in [-0.1, -0.05) is 11.6 Å². The van der Waals surface area contributed by atoms with E-state index in [1.165, 1.54) is 11.3 Å². The lowest BCUT2D eigenvalue weighted by molar-refractivity contribution is -0.130. The molecule has 0 bridgehead atoms. The summed E-state index contributed by atoms with van der Waals surface area (Å²) in [5.41, 5.74) is 0. The van der Waals surface area contributed by atoms with Crippen molar-refractivity contribution >= 4 is 34.8 Å². The molecule has 2 saturated heterocycles. The van der Waals surface area contributed by atoms with Crippen LogP contribution in [-0.4, -0.2) is 47.8 Å². The van der Waals surface area contributed by atoms with Crippen molar-refractivity contribution in [3.63, 3.8) is 0 Å². The van der Waals surface area contributed by atoms with Gasteiger partial charge in [0.25, 0.3) is 0 Å². The van der Waals surface area contributed by atoms with Gasteiger partial charge in [-0.15, -0.1) is 11.3 Å². The highest BCUT2D eigenvalue weighted by atomic mass is 35.5. The zero-order valence-corrected chi connectivity index (χ0v) is 15.0. The van der Waals surface area contributed by atoms with Crippen molar-refractivity contribution in [2.45, 2.75) is 32.6 Å². The number of halogens is 1. The van der Waals surface area contributed by atoms with E-state index < -0.39 is 0 Å². The number of likely N-dealkylation sites (tertiary alicyclic amines) is 2. The molecule has 0 spiro atoms. The first kappa shape index (κ1) is 16.8. The van der Waals surface area contributed by atoms with Crippen molar-refractivity contribution in [1.82, 2.24) is 9.80 Å². The Morgan fingerprint density at radius 2 is 1.78 bits per heavy atom. The van der Waals surface area contributed by atoms with Crippen LogP contribution in [0.4, 0.5) is 0 Å². The van der Waals surface area contributed by atoms with E-state index in [1.807, 2.05) is 21.9 Å². The molecule has 126 valence electrons. The Hall–Kier alpha value is -1.07. The van der Waals surface area contributed by atoms with E-state index >= 15 is 0 Å². The second-order valence-corrected chi connectivity index (χ2v) is 8.41. The molecule has 2 fully saturated rings. The molecule has 3 heterocycles. The maximum atomic E-state index is 12.4. The minimum Gasteiger partial charge on any atom is -0.343 e. The summed E-state index contributed by atoms with van der Waals surface area (Å²) in [4.78, 5) is 28.8. The van der Waals surface area contributed by atoms with Gasteiger partial charge in [0.15, 0.2) is 0 Å². The van der Waals surface area contributed by atoms with E-state index in [0.29, 0.717) is 18.3 Å². The van der Waals surface area contributed by atoms with Crippen molar-refractivity contribution in [2.24, 2.45) is 11.8 Å². The molecule has 2 aliphatic rings. The van der Waals surface area contributed by atoms with Crippen LogP contribution in [0.5, 0.6) is 0 Å². The normalized spacial score (nSPS) is 22.6. The van der Waals surface area contributed by atoms with Crippen LogP contribution < -0.4 is 0 Å². The maximum Gasteiger partial charge on any atom is 0.227 e. The number of hydrogen-bond acceptors (Lipinski definition) is 3. The van der Waals surface area contributed by atoms with Crippen LogP contribution in [0.2, 0.25) is 4.34 Å². The molecule has 6 heteroatoms. The average Bonchev–Trinajstić information content (AvgIpc) is 3.16. The minimum atomic E-state index is 0.182. The van der Waals surface area contributed by atoms with E-state index in [2.05, 4.69) is 0 Å². The van der Waals surface area contributed by atoms with Gasteiger partial charge in [-0.2, -0.15) is 0 Å². The Bertz CT molecular complexity index is 581. The fourth-order valence-corrected chi connectivity index (χ4v) is 4.87. The second-order valence-electron chi connectivity index (χ2n) is 6.61. The molecule has 1 aromatic rings. The smallest absolute Gasteiger partial charge is 0.227 e. The summed E-state index contributed by atoms with van der Waals surface area (Å²) < 4.78 is 0.740. The highest BCUT2D eigenvalue weighted by Crippen LogP contribution is 2.32. The molecule has 0 aliphatic carbocycles. The highest BCUT2D eigenvalue weighted by Gasteiger charge is 2.34. The van der Waals surface area contributed by atoms with Gasteiger partial charge >= 0.3 is 0 Å². The maximum absolute atomic E-state index is 12.4. The fraction of sp³-hybridized carbons (Fsp3) is 0.647. The molecule has 1 aromatic heterocycles. The van der Waals surface area contributed by atoms with Crippen LogP contribution >= 0.6 is 22.9 Å². The van der Waals surface area contributed by atoms with E-state index in [0.717, 1.165) is 54.7 Å². The Morgan fingerprint density at radius 1 is 1.13 bits per heavy atom. The Kier molecular flexibility index (Phi) is 5.27. The summed E-state index contributed by atoms with van der Waals surface area (Å²) in [6, 6.07) is 3.79. The van der Waals surface area contributed by atoms with Gasteiger partial charge in [0.1, 0.15) is 0 Å². The summed E-state index contributed by atoms with van der Waals surface area (Å²) in [7, 11) is 0. The average molecular weight is 355 g/mol. The number of carbonyl (C=O) groups excluding carboxylic acids is 2. The zero-order chi connectivity index (χ0) is 16.4. The van der Waals surface area contributed by atoms with Crippen LogP contribution in [0.25, 0.3) is 0 Å². The summed E-state index contributed by atoms with van der Waals surface area (Å²) >= 11 is 7.42. The quantitative estimate of drug-likeness (QED) is 0.837. The van der Waals surface area contributed by atoms with Crippen LogP contribution in [0, 0.1) is 11.8 Å². The lowest BCUT2D eigenvalue weighted by Crippen LogP contribution is -2.39. The molecule has 3 rings (SSSR count). The third kappa shape index (κ3) is 4.07. The summed E-state index contributed by atoms with van der Waals surface area (Å²) in [5, 5.41) is 0. The van der Waals surface area contributed by atoms with E-state index in [-0.39, 0.29) is 11.8 Å². The largest absolute Gasteiger partial charge is 0.343 e. The number of carbonyl (C=O) groups is 2. The molecule has 0 radical (unpaired) electrons. The Morgan fingerprint density at radius 3 is 2.39 bits per heavy atom. The molecule has 0 N–H and O–H groups in total. The number of piperidine rings is 1. The fourth-order valence-electron chi connectivity index (χ4n) is 3.79. The van der Waals surface area contributed by atoms with E-state index in [9.17, 15) is 9.59 Å². The molecule has 2 amide bonds. The molecule has 0 aromatic carbocycles. The summed E-state index contributed by atoms with van der Waals surface area (Å²) in [6.45, 7) is 5.14. The first-order chi connectivity index (χ1) is 11.0. The molecular weight excluding hydrogens is 332 g/mol. The molecule has 1 atom stereocenters. The lowest BCUT2D eigenvalue weighted by atomic mass is 9.84. The number of rotatable bonds is 3. The van der Waals surface area contributed by atoms with Crippen molar-refractivity contribution in [3.05, 3.63) is 21.3 Å². The first-order valence-electron chi connectivity index (χ1n) is 8.30. The van der Waals surface area contributed by atoms with Crippen LogP contribution in [0.15, 0.2) is 12.1 Å². The lowest BCUT2D eigenvalue weighted by Gasteiger charge is -2.34. The van der Waals surface area contributed by atoms with Gasteiger partial charge in [0.2, 0.25) is 11.8 Å². The van der Waals surface area contributed by atoms with Crippen molar-refractivity contribution in [3.8, 4) is 0 Å². The molecule has 0 saturated carbocycles. The van der Waals surface area contributed by atoms with Gasteiger partial charge < -0.3 is 9.80 Å². The summed E-state index contributed by atoms with van der Waals surface area (Å²) in [6.07, 6.45) is 3.72. The van der Waals surface area contributed by atoms with E-state index in [1.54, 1.807) is 6.92 Å². The molecule has 2 aliphatic heterocycles. The van der Waals surface area contributed by atoms with Gasteiger partial charge in [0, 0.05) is 38.0 Å². The Balaban J connectivity index is 1.48. The second kappa shape index (κ2) is 7.22. The SMILES string of the molecule is CC(=O)N1CCC(C2CCN(C(=O)Cc3ccc(Cl)s3)C2)CC1. The molecular formula is C17H23ClN2O2S. The van der Waals surface area contributed by atoms with Crippen molar-refractivity contribution in [2.75, 3.05) is 26.2 Å². The topological polar surface area (TPSA) is 40.6 Å². The molecule has 4 nitrogen and oxygen atoms in total. The molecule has 1 unspecified atom stereocenters. The van der Waals surface area contributed by atoms with Gasteiger partial charge in [-0.3, -0.25) is 9.59 Å². The number of thiophene rings is 1. The third-order valence-corrected chi connectivity index (χ3v) is 6.41. The predicted molar refractivity (Wildman–Crippen MR) is 92.7 cm³/mol. The number of nitrogens with zero attached hydrogens (tertiary/aromatic N) is 2. The Labute approximate surface area is 146 Å². The number of amides is 2. The first-order valence-corrected chi connectivity index (χ1v) is 9.50. The van der Waals surface area contributed by atoms with E-state index in [4.69, 9.17) is 11.6 Å². The van der Waals surface area contributed by atoms with Gasteiger partial charge in [0.05, 0.1) is 10.8 Å². The monoisotopic (exact) mass is 354 g/mol. The standard InChI is InChI=1S/C17H23ClN2O2S/c1-12(21)19-7-4-13(5-8-19)14-6-9-20(11-14)17(22)10-15-2-3-16(18)23-15/h2-3,13-14H,4-11H2,1H3. The predicted octanol–water partition coefficient (Wildman–Crippen LogP) is 3.05. The van der Waals surface area contributed by atoms with Crippen LogP contribution in [0.3, 0.4) is 0 Å². The zero-order valence-electron chi connectivity index (χ0n) is 13.5. The van der Waals surface area contributed by atoms with Gasteiger partial charge in [-0.25, -0.2) is 0 Å². The minimum absolute atomic E-state index is 0.182. The van der Waals surface area contributed by atoms with Crippen LogP contribution in [-0.2, 0) is 16.0 Å². The summed E-state index contributed by atoms with van der Waals surface area (Å²) in [5.74, 6) is 1.65. The number of hydrogen-bond donors (Lipinski definition) is 0. The van der Waals surface area contributed by atoms with Crippen LogP contribution in [0.1, 0.15) is 31.1 Å². The van der Waals surface area contributed by atoms with Crippen molar-refractivity contribution in [1.29, 1.82) is 0 Å². The van der Waals surface area contributed by atoms with Crippen molar-refractivity contribution < 1.29 is 9.59 Å². The van der Waals surface area contributed by atoms with Gasteiger partial charge in [-0.05, 0) is 43.2 Å². The third-order valence-electron chi connectivity index (χ3n) is 5.18. The highest BCUT2D eigenvalue weighted by molar-refractivity contribution is 7.16.